The molecule has 0 saturated heterocycles. The van der Waals surface area contributed by atoms with E-state index in [0.717, 1.165) is 11.3 Å². The van der Waals surface area contributed by atoms with Crippen molar-refractivity contribution in [3.63, 3.8) is 0 Å². The average molecular weight is 612 g/mol. The maximum atomic E-state index is 14.6. The molecule has 2 aromatic carbocycles. The van der Waals surface area contributed by atoms with Crippen LogP contribution in [0.15, 0.2) is 76.6 Å². The van der Waals surface area contributed by atoms with Gasteiger partial charge in [-0.2, -0.15) is 18.4 Å². The number of ketones is 1. The number of carbonyl (C=O) groups excluding carboxylic acids is 2. The monoisotopic (exact) mass is 611 g/mol. The van der Waals surface area contributed by atoms with Crippen molar-refractivity contribution in [3.8, 4) is 6.07 Å². The van der Waals surface area contributed by atoms with Crippen molar-refractivity contribution in [1.82, 2.24) is 5.32 Å². The van der Waals surface area contributed by atoms with Crippen molar-refractivity contribution in [2.24, 2.45) is 5.92 Å². The molecule has 1 aliphatic rings. The summed E-state index contributed by atoms with van der Waals surface area (Å²) in [5.74, 6) is -5.87. The number of benzene rings is 2. The second-order valence-corrected chi connectivity index (χ2v) is 11.1. The lowest BCUT2D eigenvalue weighted by Crippen LogP contribution is -2.66. The predicted octanol–water partition coefficient (Wildman–Crippen LogP) is 6.60. The van der Waals surface area contributed by atoms with Gasteiger partial charge >= 0.3 is 6.18 Å². The van der Waals surface area contributed by atoms with Crippen molar-refractivity contribution in [3.05, 3.63) is 97.1 Å². The normalized spacial score (nSPS) is 21.2. The van der Waals surface area contributed by atoms with E-state index >= 15 is 0 Å². The quantitative estimate of drug-likeness (QED) is 0.260. The summed E-state index contributed by atoms with van der Waals surface area (Å²) in [6.45, 7) is 0. The summed E-state index contributed by atoms with van der Waals surface area (Å²) >= 11 is 13.9. The van der Waals surface area contributed by atoms with E-state index in [1.165, 1.54) is 35.7 Å². The van der Waals surface area contributed by atoms with Crippen molar-refractivity contribution >= 4 is 63.7 Å². The number of para-hydroxylation sites is 1. The number of alkyl halides is 3. The number of hydrogen-bond acceptors (Lipinski definition) is 7. The topological polar surface area (TPSA) is 102 Å². The zero-order valence-electron chi connectivity index (χ0n) is 19.6. The Balaban J connectivity index is 1.81. The highest BCUT2D eigenvalue weighted by molar-refractivity contribution is 8.03. The molecule has 3 N–H and O–H groups in total. The Labute approximate surface area is 239 Å². The summed E-state index contributed by atoms with van der Waals surface area (Å²) in [6.07, 6.45) is -5.36. The number of nitriles is 1. The van der Waals surface area contributed by atoms with Gasteiger partial charge in [0.2, 0.25) is 11.6 Å². The van der Waals surface area contributed by atoms with Gasteiger partial charge in [-0.1, -0.05) is 71.4 Å². The molecule has 4 rings (SSSR count). The number of halogens is 5. The summed E-state index contributed by atoms with van der Waals surface area (Å²) in [5.41, 5.74) is -3.73. The minimum Gasteiger partial charge on any atom is -0.363 e. The van der Waals surface area contributed by atoms with E-state index in [1.54, 1.807) is 30.3 Å². The molecule has 0 bridgehead atoms. The van der Waals surface area contributed by atoms with Crippen LogP contribution in [0, 0.1) is 17.2 Å². The van der Waals surface area contributed by atoms with E-state index in [1.807, 2.05) is 11.4 Å². The third-order valence-electron chi connectivity index (χ3n) is 5.98. The molecule has 0 spiro atoms. The largest absolute Gasteiger partial charge is 0.437 e. The molecular formula is C26H18Cl2F3N3O3S2. The summed E-state index contributed by atoms with van der Waals surface area (Å²) in [4.78, 5) is 26.1. The third-order valence-corrected chi connectivity index (χ3v) is 8.55. The van der Waals surface area contributed by atoms with Crippen LogP contribution in [0.5, 0.6) is 0 Å². The molecule has 6 nitrogen and oxygen atoms in total. The number of aliphatic hydroxyl groups is 1. The Morgan fingerprint density at radius 2 is 1.77 bits per heavy atom. The zero-order chi connectivity index (χ0) is 28.4. The fourth-order valence-corrected chi connectivity index (χ4v) is 6.25. The number of Topliss-reactive ketones (excluding diaryl/α,β-unsaturated/α-hetero) is 1. The van der Waals surface area contributed by atoms with Gasteiger partial charge in [-0.3, -0.25) is 9.59 Å². The number of thioether (sulfide) groups is 1. The van der Waals surface area contributed by atoms with E-state index in [-0.39, 0.29) is 26.1 Å². The molecule has 0 aliphatic carbocycles. The number of rotatable bonds is 7. The zero-order valence-corrected chi connectivity index (χ0v) is 22.8. The van der Waals surface area contributed by atoms with Crippen molar-refractivity contribution < 1.29 is 27.9 Å². The Morgan fingerprint density at radius 3 is 2.36 bits per heavy atom. The molecule has 202 valence electrons. The van der Waals surface area contributed by atoms with Gasteiger partial charge in [0.1, 0.15) is 0 Å². The number of thiophene rings is 1. The van der Waals surface area contributed by atoms with E-state index < -0.39 is 46.2 Å². The highest BCUT2D eigenvalue weighted by Gasteiger charge is 2.66. The van der Waals surface area contributed by atoms with Crippen LogP contribution in [0.3, 0.4) is 0 Å². The van der Waals surface area contributed by atoms with E-state index in [0.29, 0.717) is 17.4 Å². The van der Waals surface area contributed by atoms with Gasteiger partial charge in [-0.25, -0.2) is 0 Å². The second-order valence-electron chi connectivity index (χ2n) is 8.38. The van der Waals surface area contributed by atoms with Crippen LogP contribution in [-0.2, 0) is 4.79 Å². The summed E-state index contributed by atoms with van der Waals surface area (Å²) in [7, 11) is 0. The fourth-order valence-electron chi connectivity index (χ4n) is 4.21. The van der Waals surface area contributed by atoms with Crippen LogP contribution in [0.2, 0.25) is 10.0 Å². The lowest BCUT2D eigenvalue weighted by atomic mass is 9.70. The first-order chi connectivity index (χ1) is 18.5. The first-order valence-electron chi connectivity index (χ1n) is 11.2. The van der Waals surface area contributed by atoms with Crippen LogP contribution in [0.25, 0.3) is 0 Å². The SMILES string of the molecule is N#CC1=C(SCC(=O)Nc2ccccc2Cl)N[C@](O)(C(F)(F)F)[C@H](C(=O)c2cccs2)[C@H]1c1ccccc1Cl. The molecule has 13 heteroatoms. The molecule has 1 aliphatic heterocycles. The average Bonchev–Trinajstić information content (AvgIpc) is 3.43. The summed E-state index contributed by atoms with van der Waals surface area (Å²) in [6, 6.07) is 17.0. The van der Waals surface area contributed by atoms with Crippen molar-refractivity contribution in [2.45, 2.75) is 17.8 Å². The first-order valence-corrected chi connectivity index (χ1v) is 13.8. The number of nitrogens with zero attached hydrogens (tertiary/aromatic N) is 1. The molecule has 1 aromatic heterocycles. The molecule has 2 heterocycles. The minimum atomic E-state index is -5.36. The second kappa shape index (κ2) is 11.6. The number of amides is 1. The predicted molar refractivity (Wildman–Crippen MR) is 146 cm³/mol. The van der Waals surface area contributed by atoms with Gasteiger partial charge in [-0.15, -0.1) is 11.3 Å². The Kier molecular flexibility index (Phi) is 8.63. The van der Waals surface area contributed by atoms with Gasteiger partial charge in [-0.05, 0) is 35.2 Å². The molecule has 39 heavy (non-hydrogen) atoms. The lowest BCUT2D eigenvalue weighted by Gasteiger charge is -2.45. The Morgan fingerprint density at radius 1 is 1.10 bits per heavy atom. The number of nitrogens with one attached hydrogen (secondary N) is 2. The number of anilines is 1. The van der Waals surface area contributed by atoms with Crippen LogP contribution < -0.4 is 10.6 Å². The number of hydrogen-bond donors (Lipinski definition) is 3. The maximum Gasteiger partial charge on any atom is 0.437 e. The van der Waals surface area contributed by atoms with E-state index in [4.69, 9.17) is 23.2 Å². The van der Waals surface area contributed by atoms with Crippen LogP contribution in [-0.4, -0.2) is 34.5 Å². The molecular weight excluding hydrogens is 594 g/mol. The van der Waals surface area contributed by atoms with E-state index in [9.17, 15) is 33.1 Å². The maximum absolute atomic E-state index is 14.6. The number of carbonyl (C=O) groups is 2. The molecule has 0 fully saturated rings. The fraction of sp³-hybridized carbons (Fsp3) is 0.192. The van der Waals surface area contributed by atoms with Crippen LogP contribution >= 0.6 is 46.3 Å². The number of allylic oxidation sites excluding steroid dienone is 1. The Hall–Kier alpha value is -3.01. The smallest absolute Gasteiger partial charge is 0.363 e. The molecule has 0 radical (unpaired) electrons. The lowest BCUT2D eigenvalue weighted by molar-refractivity contribution is -0.285. The molecule has 0 saturated carbocycles. The third kappa shape index (κ3) is 5.81. The van der Waals surface area contributed by atoms with Gasteiger partial charge in [0.15, 0.2) is 5.78 Å². The summed E-state index contributed by atoms with van der Waals surface area (Å²) < 4.78 is 43.8. The summed E-state index contributed by atoms with van der Waals surface area (Å²) in [5, 5.41) is 27.2. The van der Waals surface area contributed by atoms with Crippen LogP contribution in [0.1, 0.15) is 21.2 Å². The van der Waals surface area contributed by atoms with Gasteiger partial charge in [0, 0.05) is 10.9 Å². The first kappa shape index (κ1) is 29.0. The van der Waals surface area contributed by atoms with E-state index in [2.05, 4.69) is 5.32 Å². The minimum absolute atomic E-state index is 0.00599. The molecule has 3 atom stereocenters. The highest BCUT2D eigenvalue weighted by atomic mass is 35.5. The molecule has 1 amide bonds. The van der Waals surface area contributed by atoms with Gasteiger partial charge in [0.05, 0.1) is 43.9 Å². The Bertz CT molecular complexity index is 1470. The van der Waals surface area contributed by atoms with Crippen molar-refractivity contribution in [1.29, 1.82) is 5.26 Å². The molecule has 3 aromatic rings. The molecule has 0 unspecified atom stereocenters. The standard InChI is InChI=1S/C26H18Cl2F3N3O3S2/c27-16-7-2-1-6-14(16)21-15(12-32)24(39-13-20(35)33-18-9-4-3-8-17(18)28)34-25(37,26(29,30)31)22(21)23(36)19-10-5-11-38-19/h1-11,21-22,34,37H,13H2,(H,33,35)/t21-,22-,25+/m0/s1. The van der Waals surface area contributed by atoms with Gasteiger partial charge in [0.25, 0.3) is 0 Å². The van der Waals surface area contributed by atoms with Crippen LogP contribution in [0.4, 0.5) is 18.9 Å². The van der Waals surface area contributed by atoms with Gasteiger partial charge < -0.3 is 15.7 Å². The highest BCUT2D eigenvalue weighted by Crippen LogP contribution is 2.52. The van der Waals surface area contributed by atoms with Crippen molar-refractivity contribution in [2.75, 3.05) is 11.1 Å².